The first-order valence-corrected chi connectivity index (χ1v) is 11.1. The first-order valence-electron chi connectivity index (χ1n) is 11.1. The highest BCUT2D eigenvalue weighted by atomic mass is 19.2. The van der Waals surface area contributed by atoms with Gasteiger partial charge in [0.25, 0.3) is 0 Å². The summed E-state index contributed by atoms with van der Waals surface area (Å²) in [6.45, 7) is 5.84. The second kappa shape index (κ2) is 10.4. The molecule has 0 aromatic heterocycles. The van der Waals surface area contributed by atoms with Crippen LogP contribution < -0.4 is 4.74 Å². The van der Waals surface area contributed by atoms with Crippen LogP contribution in [-0.4, -0.2) is 6.61 Å². The standard InChI is InChI=1S/C30H25F3O/c1-3-18-34-25-15-14-24(28(31)19-25)13-8-21-6-11-23(12-7-21)27-17-16-26(29(32)30(27)33)22-9-4-20(2)5-10-22/h3-7,9-12,14-17,19H,1,8,13,18H2,2H3. The lowest BCUT2D eigenvalue weighted by molar-refractivity contribution is 0.360. The molecule has 0 heterocycles. The lowest BCUT2D eigenvalue weighted by Gasteiger charge is -2.11. The van der Waals surface area contributed by atoms with E-state index in [0.29, 0.717) is 41.9 Å². The molecule has 0 spiro atoms. The van der Waals surface area contributed by atoms with E-state index in [4.69, 9.17) is 4.74 Å². The molecule has 0 bridgehead atoms. The molecule has 0 saturated carbocycles. The van der Waals surface area contributed by atoms with Crippen molar-refractivity contribution in [1.29, 1.82) is 0 Å². The van der Waals surface area contributed by atoms with Crippen molar-refractivity contribution in [2.75, 3.05) is 6.61 Å². The third-order valence-electron chi connectivity index (χ3n) is 5.79. The van der Waals surface area contributed by atoms with E-state index in [1.54, 1.807) is 54.6 Å². The second-order valence-electron chi connectivity index (χ2n) is 8.20. The molecule has 0 radical (unpaired) electrons. The van der Waals surface area contributed by atoms with Crippen LogP contribution in [0.1, 0.15) is 16.7 Å². The predicted molar refractivity (Wildman–Crippen MR) is 131 cm³/mol. The first-order chi connectivity index (χ1) is 16.5. The Kier molecular flexibility index (Phi) is 7.17. The summed E-state index contributed by atoms with van der Waals surface area (Å²) in [6.07, 6.45) is 2.74. The van der Waals surface area contributed by atoms with E-state index in [1.807, 2.05) is 31.2 Å². The zero-order valence-electron chi connectivity index (χ0n) is 19.0. The van der Waals surface area contributed by atoms with Gasteiger partial charge in [-0.25, -0.2) is 13.2 Å². The molecule has 0 unspecified atom stereocenters. The van der Waals surface area contributed by atoms with Gasteiger partial charge in [0, 0.05) is 17.2 Å². The molecule has 0 aliphatic rings. The van der Waals surface area contributed by atoms with Gasteiger partial charge in [0.05, 0.1) is 0 Å². The Morgan fingerprint density at radius 2 is 1.32 bits per heavy atom. The fourth-order valence-corrected chi connectivity index (χ4v) is 3.83. The van der Waals surface area contributed by atoms with Crippen molar-refractivity contribution in [2.24, 2.45) is 0 Å². The van der Waals surface area contributed by atoms with Gasteiger partial charge in [-0.3, -0.25) is 0 Å². The Labute approximate surface area is 198 Å². The summed E-state index contributed by atoms with van der Waals surface area (Å²) >= 11 is 0. The average molecular weight is 459 g/mol. The molecule has 4 aromatic rings. The summed E-state index contributed by atoms with van der Waals surface area (Å²) in [5.41, 5.74) is 4.30. The fraction of sp³-hybridized carbons (Fsp3) is 0.133. The molecule has 0 amide bonds. The van der Waals surface area contributed by atoms with E-state index in [1.165, 1.54) is 6.07 Å². The monoisotopic (exact) mass is 458 g/mol. The largest absolute Gasteiger partial charge is 0.489 e. The van der Waals surface area contributed by atoms with Gasteiger partial charge in [-0.05, 0) is 48.1 Å². The Morgan fingerprint density at radius 1 is 0.735 bits per heavy atom. The van der Waals surface area contributed by atoms with Crippen molar-refractivity contribution in [3.8, 4) is 28.0 Å². The van der Waals surface area contributed by atoms with Gasteiger partial charge in [0.15, 0.2) is 11.6 Å². The van der Waals surface area contributed by atoms with Gasteiger partial charge in [0.1, 0.15) is 18.2 Å². The Bertz CT molecular complexity index is 1290. The summed E-state index contributed by atoms with van der Waals surface area (Å²) in [7, 11) is 0. The number of halogens is 3. The van der Waals surface area contributed by atoms with Crippen molar-refractivity contribution in [2.45, 2.75) is 19.8 Å². The molecule has 0 aliphatic heterocycles. The maximum atomic E-state index is 14.9. The molecule has 0 fully saturated rings. The molecule has 4 heteroatoms. The zero-order valence-corrected chi connectivity index (χ0v) is 19.0. The lowest BCUT2D eigenvalue weighted by atomic mass is 9.97. The highest BCUT2D eigenvalue weighted by Crippen LogP contribution is 2.32. The maximum absolute atomic E-state index is 14.9. The molecule has 0 saturated heterocycles. The van der Waals surface area contributed by atoms with Crippen molar-refractivity contribution < 1.29 is 17.9 Å². The van der Waals surface area contributed by atoms with Crippen LogP contribution in [0.15, 0.2) is 91.5 Å². The summed E-state index contributed by atoms with van der Waals surface area (Å²) in [6, 6.07) is 22.6. The summed E-state index contributed by atoms with van der Waals surface area (Å²) in [5, 5.41) is 0. The number of benzene rings is 4. The van der Waals surface area contributed by atoms with Gasteiger partial charge in [-0.1, -0.05) is 84.9 Å². The van der Waals surface area contributed by atoms with Gasteiger partial charge in [0.2, 0.25) is 0 Å². The van der Waals surface area contributed by atoms with Crippen LogP contribution in [0.25, 0.3) is 22.3 Å². The maximum Gasteiger partial charge on any atom is 0.167 e. The summed E-state index contributed by atoms with van der Waals surface area (Å²) < 4.78 is 49.4. The number of rotatable bonds is 8. The molecule has 0 aliphatic carbocycles. The smallest absolute Gasteiger partial charge is 0.167 e. The summed E-state index contributed by atoms with van der Waals surface area (Å²) in [5.74, 6) is -1.58. The average Bonchev–Trinajstić information content (AvgIpc) is 2.85. The van der Waals surface area contributed by atoms with E-state index < -0.39 is 11.6 Å². The predicted octanol–water partition coefficient (Wildman–Crippen LogP) is 8.10. The van der Waals surface area contributed by atoms with E-state index >= 15 is 0 Å². The third kappa shape index (κ3) is 5.23. The Hall–Kier alpha value is -3.79. The third-order valence-corrected chi connectivity index (χ3v) is 5.79. The van der Waals surface area contributed by atoms with Crippen LogP contribution in [0.5, 0.6) is 5.75 Å². The molecule has 4 rings (SSSR count). The topological polar surface area (TPSA) is 9.23 Å². The molecule has 1 nitrogen and oxygen atoms in total. The minimum absolute atomic E-state index is 0.209. The molecule has 0 atom stereocenters. The molecular weight excluding hydrogens is 433 g/mol. The van der Waals surface area contributed by atoms with Crippen molar-refractivity contribution in [1.82, 2.24) is 0 Å². The second-order valence-corrected chi connectivity index (χ2v) is 8.20. The SMILES string of the molecule is C=CCOc1ccc(CCc2ccc(-c3ccc(-c4ccc(C)cc4)c(F)c3F)cc2)c(F)c1. The van der Waals surface area contributed by atoms with Crippen molar-refractivity contribution in [3.63, 3.8) is 0 Å². The van der Waals surface area contributed by atoms with E-state index in [9.17, 15) is 13.2 Å². The van der Waals surface area contributed by atoms with Crippen LogP contribution in [-0.2, 0) is 12.8 Å². The van der Waals surface area contributed by atoms with Crippen molar-refractivity contribution >= 4 is 0 Å². The van der Waals surface area contributed by atoms with Crippen LogP contribution in [0.3, 0.4) is 0 Å². The van der Waals surface area contributed by atoms with Crippen molar-refractivity contribution in [3.05, 3.63) is 126 Å². The highest BCUT2D eigenvalue weighted by Gasteiger charge is 2.16. The lowest BCUT2D eigenvalue weighted by Crippen LogP contribution is -1.98. The van der Waals surface area contributed by atoms with Gasteiger partial charge < -0.3 is 4.74 Å². The zero-order chi connectivity index (χ0) is 24.1. The van der Waals surface area contributed by atoms with Gasteiger partial charge >= 0.3 is 0 Å². The van der Waals surface area contributed by atoms with Crippen LogP contribution in [0.4, 0.5) is 13.2 Å². The van der Waals surface area contributed by atoms with Crippen LogP contribution >= 0.6 is 0 Å². The van der Waals surface area contributed by atoms with Crippen LogP contribution in [0, 0.1) is 24.4 Å². The van der Waals surface area contributed by atoms with Gasteiger partial charge in [-0.15, -0.1) is 0 Å². The summed E-state index contributed by atoms with van der Waals surface area (Å²) in [4.78, 5) is 0. The number of aryl methyl sites for hydroxylation is 3. The van der Waals surface area contributed by atoms with Gasteiger partial charge in [-0.2, -0.15) is 0 Å². The molecule has 34 heavy (non-hydrogen) atoms. The number of ether oxygens (including phenoxy) is 1. The molecular formula is C30H25F3O. The molecule has 0 N–H and O–H groups in total. The quantitative estimate of drug-likeness (QED) is 0.242. The molecule has 4 aromatic carbocycles. The van der Waals surface area contributed by atoms with E-state index in [0.717, 1.165) is 11.1 Å². The van der Waals surface area contributed by atoms with E-state index in [2.05, 4.69) is 6.58 Å². The number of hydrogen-bond donors (Lipinski definition) is 0. The fourth-order valence-electron chi connectivity index (χ4n) is 3.83. The van der Waals surface area contributed by atoms with Crippen LogP contribution in [0.2, 0.25) is 0 Å². The minimum Gasteiger partial charge on any atom is -0.489 e. The van der Waals surface area contributed by atoms with E-state index in [-0.39, 0.29) is 16.9 Å². The Morgan fingerprint density at radius 3 is 1.88 bits per heavy atom. The molecule has 172 valence electrons. The normalized spacial score (nSPS) is 10.8. The number of hydrogen-bond acceptors (Lipinski definition) is 1. The first kappa shape index (κ1) is 23.4. The Balaban J connectivity index is 1.47. The highest BCUT2D eigenvalue weighted by molar-refractivity contribution is 5.72. The minimum atomic E-state index is -0.869.